The first-order chi connectivity index (χ1) is 13.7. The minimum atomic E-state index is -0.845. The standard InChI is InChI=1S/C22H35N3O5/c1-12(2)18(25-21(29)30-22(6,7)8)20(28)23-15(5)19(27)24-17-10-13(3)16(11-26)9-14(17)4/h9-10,12,15,18,26H,11H2,1-8H3,(H,23,28)(H,24,27)(H,25,29)/t15-,18-/m0/s1. The molecule has 0 aliphatic carbocycles. The molecule has 2 atom stereocenters. The van der Waals surface area contributed by atoms with Crippen molar-refractivity contribution < 1.29 is 24.2 Å². The fourth-order valence-electron chi connectivity index (χ4n) is 2.76. The average Bonchev–Trinajstić information content (AvgIpc) is 2.60. The SMILES string of the molecule is Cc1cc(NC(=O)[C@H](C)NC(=O)[C@@H](NC(=O)OC(C)(C)C)C(C)C)c(C)cc1CO. The summed E-state index contributed by atoms with van der Waals surface area (Å²) in [6.45, 7) is 14.0. The van der Waals surface area contributed by atoms with Gasteiger partial charge >= 0.3 is 6.09 Å². The number of anilines is 1. The van der Waals surface area contributed by atoms with Crippen LogP contribution in [0.4, 0.5) is 10.5 Å². The number of nitrogens with one attached hydrogen (secondary N) is 3. The van der Waals surface area contributed by atoms with Gasteiger partial charge in [-0.2, -0.15) is 0 Å². The Kier molecular flexibility index (Phi) is 8.84. The van der Waals surface area contributed by atoms with E-state index < -0.39 is 29.7 Å². The number of carbonyl (C=O) groups is 3. The number of aliphatic hydroxyl groups is 1. The third-order valence-corrected chi connectivity index (χ3v) is 4.48. The molecule has 0 saturated carbocycles. The summed E-state index contributed by atoms with van der Waals surface area (Å²) in [5, 5.41) is 17.4. The lowest BCUT2D eigenvalue weighted by Crippen LogP contribution is -2.54. The number of carbonyl (C=O) groups excluding carboxylic acids is 3. The van der Waals surface area contributed by atoms with Gasteiger partial charge in [0, 0.05) is 5.69 Å². The molecule has 0 aliphatic heterocycles. The molecule has 1 aromatic rings. The van der Waals surface area contributed by atoms with Crippen LogP contribution in [0.1, 0.15) is 58.2 Å². The van der Waals surface area contributed by atoms with Crippen molar-refractivity contribution in [2.24, 2.45) is 5.92 Å². The van der Waals surface area contributed by atoms with Crippen molar-refractivity contribution in [3.8, 4) is 0 Å². The Balaban J connectivity index is 2.80. The Bertz CT molecular complexity index is 784. The van der Waals surface area contributed by atoms with E-state index in [-0.39, 0.29) is 18.4 Å². The minimum absolute atomic E-state index is 0.0748. The summed E-state index contributed by atoms with van der Waals surface area (Å²) in [5.74, 6) is -1.06. The molecule has 0 unspecified atom stereocenters. The van der Waals surface area contributed by atoms with Crippen LogP contribution >= 0.6 is 0 Å². The van der Waals surface area contributed by atoms with Crippen LogP contribution in [0.2, 0.25) is 0 Å². The third-order valence-electron chi connectivity index (χ3n) is 4.48. The van der Waals surface area contributed by atoms with Gasteiger partial charge in [0.25, 0.3) is 0 Å². The zero-order chi connectivity index (χ0) is 23.2. The van der Waals surface area contributed by atoms with Gasteiger partial charge in [-0.1, -0.05) is 19.9 Å². The van der Waals surface area contributed by atoms with E-state index in [1.54, 1.807) is 47.6 Å². The van der Waals surface area contributed by atoms with Gasteiger partial charge in [-0.3, -0.25) is 9.59 Å². The maximum Gasteiger partial charge on any atom is 0.408 e. The number of benzene rings is 1. The van der Waals surface area contributed by atoms with Crippen molar-refractivity contribution in [1.29, 1.82) is 0 Å². The van der Waals surface area contributed by atoms with Gasteiger partial charge in [0.05, 0.1) is 6.61 Å². The van der Waals surface area contributed by atoms with Crippen LogP contribution in [0.15, 0.2) is 12.1 Å². The topological polar surface area (TPSA) is 117 Å². The highest BCUT2D eigenvalue weighted by molar-refractivity contribution is 5.98. The number of aliphatic hydroxyl groups excluding tert-OH is 1. The summed E-state index contributed by atoms with van der Waals surface area (Å²) >= 11 is 0. The molecule has 0 aliphatic rings. The second-order valence-electron chi connectivity index (χ2n) is 8.84. The van der Waals surface area contributed by atoms with Crippen LogP contribution in [0.3, 0.4) is 0 Å². The van der Waals surface area contributed by atoms with Crippen LogP contribution in [-0.4, -0.2) is 40.7 Å². The van der Waals surface area contributed by atoms with Crippen molar-refractivity contribution in [2.45, 2.75) is 79.7 Å². The zero-order valence-corrected chi connectivity index (χ0v) is 19.2. The highest BCUT2D eigenvalue weighted by Gasteiger charge is 2.29. The monoisotopic (exact) mass is 421 g/mol. The predicted molar refractivity (Wildman–Crippen MR) is 116 cm³/mol. The molecule has 0 heterocycles. The van der Waals surface area contributed by atoms with E-state index in [0.717, 1.165) is 16.7 Å². The normalized spacial score (nSPS) is 13.4. The summed E-state index contributed by atoms with van der Waals surface area (Å²) in [6.07, 6.45) is -0.691. The first-order valence-electron chi connectivity index (χ1n) is 10.1. The summed E-state index contributed by atoms with van der Waals surface area (Å²) in [6, 6.07) is 1.93. The molecule has 30 heavy (non-hydrogen) atoms. The molecule has 1 rings (SSSR count). The fourth-order valence-corrected chi connectivity index (χ4v) is 2.76. The maximum atomic E-state index is 12.7. The lowest BCUT2D eigenvalue weighted by atomic mass is 10.0. The first kappa shape index (κ1) is 25.4. The predicted octanol–water partition coefficient (Wildman–Crippen LogP) is 2.79. The second-order valence-corrected chi connectivity index (χ2v) is 8.84. The van der Waals surface area contributed by atoms with E-state index in [0.29, 0.717) is 5.69 Å². The van der Waals surface area contributed by atoms with Crippen LogP contribution in [0.5, 0.6) is 0 Å². The van der Waals surface area contributed by atoms with Gasteiger partial charge in [-0.15, -0.1) is 0 Å². The highest BCUT2D eigenvalue weighted by atomic mass is 16.6. The molecular weight excluding hydrogens is 386 g/mol. The van der Waals surface area contributed by atoms with Gasteiger partial charge in [-0.05, 0) is 70.2 Å². The third kappa shape index (κ3) is 7.67. The molecule has 0 radical (unpaired) electrons. The van der Waals surface area contributed by atoms with E-state index in [1.165, 1.54) is 0 Å². The Labute approximate surface area is 178 Å². The van der Waals surface area contributed by atoms with Crippen LogP contribution < -0.4 is 16.0 Å². The van der Waals surface area contributed by atoms with Gasteiger partial charge in [0.1, 0.15) is 17.7 Å². The number of rotatable bonds is 7. The number of amides is 3. The molecule has 0 fully saturated rings. The van der Waals surface area contributed by atoms with Crippen molar-refractivity contribution in [2.75, 3.05) is 5.32 Å². The van der Waals surface area contributed by atoms with Crippen molar-refractivity contribution >= 4 is 23.6 Å². The van der Waals surface area contributed by atoms with Crippen molar-refractivity contribution in [3.05, 3.63) is 28.8 Å². The molecule has 0 saturated heterocycles. The molecule has 4 N–H and O–H groups in total. The van der Waals surface area contributed by atoms with Gasteiger partial charge in [-0.25, -0.2) is 4.79 Å². The lowest BCUT2D eigenvalue weighted by molar-refractivity contribution is -0.128. The Hall–Kier alpha value is -2.61. The van der Waals surface area contributed by atoms with Crippen molar-refractivity contribution in [1.82, 2.24) is 10.6 Å². The molecule has 1 aromatic carbocycles. The quantitative estimate of drug-likeness (QED) is 0.540. The Morgan fingerprint density at radius 1 is 1.00 bits per heavy atom. The van der Waals surface area contributed by atoms with Crippen LogP contribution in [0, 0.1) is 19.8 Å². The van der Waals surface area contributed by atoms with Crippen LogP contribution in [0.25, 0.3) is 0 Å². The van der Waals surface area contributed by atoms with E-state index in [9.17, 15) is 19.5 Å². The molecular formula is C22H35N3O5. The molecule has 0 aromatic heterocycles. The smallest absolute Gasteiger partial charge is 0.408 e. The van der Waals surface area contributed by atoms with E-state index in [2.05, 4.69) is 16.0 Å². The molecule has 168 valence electrons. The van der Waals surface area contributed by atoms with Gasteiger partial charge in [0.2, 0.25) is 11.8 Å². The maximum absolute atomic E-state index is 12.7. The summed E-state index contributed by atoms with van der Waals surface area (Å²) in [4.78, 5) is 37.3. The largest absolute Gasteiger partial charge is 0.444 e. The molecule has 8 heteroatoms. The number of aryl methyl sites for hydroxylation is 2. The molecule has 3 amide bonds. The Morgan fingerprint density at radius 3 is 2.10 bits per heavy atom. The zero-order valence-electron chi connectivity index (χ0n) is 19.2. The van der Waals surface area contributed by atoms with Gasteiger partial charge < -0.3 is 25.8 Å². The van der Waals surface area contributed by atoms with Crippen LogP contribution in [-0.2, 0) is 20.9 Å². The Morgan fingerprint density at radius 2 is 1.60 bits per heavy atom. The number of ether oxygens (including phenoxy) is 1. The first-order valence-corrected chi connectivity index (χ1v) is 10.1. The summed E-state index contributed by atoms with van der Waals surface area (Å²) in [7, 11) is 0. The fraction of sp³-hybridized carbons (Fsp3) is 0.591. The minimum Gasteiger partial charge on any atom is -0.444 e. The number of hydrogen-bond acceptors (Lipinski definition) is 5. The number of alkyl carbamates (subject to hydrolysis) is 1. The molecule has 0 spiro atoms. The van der Waals surface area contributed by atoms with Crippen molar-refractivity contribution in [3.63, 3.8) is 0 Å². The number of hydrogen-bond donors (Lipinski definition) is 4. The molecule has 8 nitrogen and oxygen atoms in total. The highest BCUT2D eigenvalue weighted by Crippen LogP contribution is 2.21. The van der Waals surface area contributed by atoms with Gasteiger partial charge in [0.15, 0.2) is 0 Å². The lowest BCUT2D eigenvalue weighted by Gasteiger charge is -2.26. The molecule has 0 bridgehead atoms. The van der Waals surface area contributed by atoms with E-state index in [1.807, 2.05) is 19.9 Å². The summed E-state index contributed by atoms with van der Waals surface area (Å²) < 4.78 is 5.22. The second kappa shape index (κ2) is 10.4. The average molecular weight is 422 g/mol. The summed E-state index contributed by atoms with van der Waals surface area (Å²) in [5.41, 5.74) is 2.39. The van der Waals surface area contributed by atoms with E-state index in [4.69, 9.17) is 4.74 Å². The van der Waals surface area contributed by atoms with E-state index >= 15 is 0 Å².